The molecule has 1 N–H and O–H groups in total. The zero-order chi connectivity index (χ0) is 14.8. The van der Waals surface area contributed by atoms with E-state index in [9.17, 15) is 9.50 Å². The van der Waals surface area contributed by atoms with E-state index in [1.54, 1.807) is 6.07 Å². The second-order valence-electron chi connectivity index (χ2n) is 5.01. The van der Waals surface area contributed by atoms with Gasteiger partial charge in [0.25, 0.3) is 0 Å². The number of halogens is 1. The fourth-order valence-electron chi connectivity index (χ4n) is 2.64. The van der Waals surface area contributed by atoms with Gasteiger partial charge in [-0.25, -0.2) is 4.39 Å². The lowest BCUT2D eigenvalue weighted by molar-refractivity contribution is 0.0639. The van der Waals surface area contributed by atoms with Gasteiger partial charge in [0.15, 0.2) is 0 Å². The number of hydrogen-bond acceptors (Lipinski definition) is 3. The number of fused-ring (bicyclic) bond motifs is 1. The molecule has 21 heavy (non-hydrogen) atoms. The Balaban J connectivity index is 1.95. The first-order chi connectivity index (χ1) is 10.2. The Bertz CT molecular complexity index is 642. The lowest BCUT2D eigenvalue weighted by atomic mass is 9.94. The maximum absolute atomic E-state index is 13.4. The van der Waals surface area contributed by atoms with Crippen molar-refractivity contribution in [1.29, 1.82) is 0 Å². The van der Waals surface area contributed by atoms with Crippen LogP contribution in [0.4, 0.5) is 4.39 Å². The molecule has 1 heterocycles. The molecule has 0 bridgehead atoms. The van der Waals surface area contributed by atoms with Crippen LogP contribution in [-0.2, 0) is 0 Å². The zero-order valence-corrected chi connectivity index (χ0v) is 11.8. The van der Waals surface area contributed by atoms with E-state index in [-0.39, 0.29) is 11.9 Å². The molecule has 3 rings (SSSR count). The molecule has 0 radical (unpaired) electrons. The molecular formula is C17H17FO3. The van der Waals surface area contributed by atoms with E-state index < -0.39 is 6.10 Å². The minimum absolute atomic E-state index is 0.350. The Morgan fingerprint density at radius 1 is 1.24 bits per heavy atom. The summed E-state index contributed by atoms with van der Waals surface area (Å²) >= 11 is 0. The molecule has 0 spiro atoms. The third-order valence-electron chi connectivity index (χ3n) is 3.61. The van der Waals surface area contributed by atoms with Crippen LogP contribution in [0.25, 0.3) is 0 Å². The van der Waals surface area contributed by atoms with E-state index in [2.05, 4.69) is 0 Å². The number of ether oxygens (including phenoxy) is 2. The standard InChI is InChI=1S/C17H17FO3/c1-2-20-15-6-4-3-5-13(15)17-10-14(19)12-8-7-11(18)9-16(12)21-17/h3-9,14,17,19H,2,10H2,1H3. The first-order valence-corrected chi connectivity index (χ1v) is 7.05. The molecule has 2 aromatic carbocycles. The predicted molar refractivity (Wildman–Crippen MR) is 77.0 cm³/mol. The average Bonchev–Trinajstić information content (AvgIpc) is 2.47. The minimum atomic E-state index is -0.672. The lowest BCUT2D eigenvalue weighted by Gasteiger charge is -2.30. The first kappa shape index (κ1) is 13.9. The van der Waals surface area contributed by atoms with Gasteiger partial charge in [0.2, 0.25) is 0 Å². The zero-order valence-electron chi connectivity index (χ0n) is 11.8. The van der Waals surface area contributed by atoms with Gasteiger partial charge in [0.1, 0.15) is 23.4 Å². The molecule has 1 aliphatic rings. The fraction of sp³-hybridized carbons (Fsp3) is 0.294. The highest BCUT2D eigenvalue weighted by atomic mass is 19.1. The average molecular weight is 288 g/mol. The van der Waals surface area contributed by atoms with Gasteiger partial charge in [0.05, 0.1) is 12.7 Å². The molecule has 2 aromatic rings. The molecule has 0 amide bonds. The number of aliphatic hydroxyl groups excluding tert-OH is 1. The van der Waals surface area contributed by atoms with Gasteiger partial charge in [0, 0.05) is 23.6 Å². The van der Waals surface area contributed by atoms with Crippen LogP contribution in [0.3, 0.4) is 0 Å². The van der Waals surface area contributed by atoms with E-state index in [0.717, 1.165) is 11.3 Å². The van der Waals surface area contributed by atoms with Crippen molar-refractivity contribution in [2.24, 2.45) is 0 Å². The summed E-state index contributed by atoms with van der Waals surface area (Å²) in [7, 11) is 0. The smallest absolute Gasteiger partial charge is 0.130 e. The summed E-state index contributed by atoms with van der Waals surface area (Å²) in [5.74, 6) is 0.752. The van der Waals surface area contributed by atoms with Crippen LogP contribution in [0.15, 0.2) is 42.5 Å². The van der Waals surface area contributed by atoms with E-state index in [0.29, 0.717) is 24.3 Å². The topological polar surface area (TPSA) is 38.7 Å². The van der Waals surface area contributed by atoms with Crippen LogP contribution < -0.4 is 9.47 Å². The molecule has 2 atom stereocenters. The summed E-state index contributed by atoms with van der Waals surface area (Å²) < 4.78 is 24.8. The highest BCUT2D eigenvalue weighted by Gasteiger charge is 2.30. The third-order valence-corrected chi connectivity index (χ3v) is 3.61. The normalized spacial score (nSPS) is 20.5. The number of benzene rings is 2. The molecule has 2 unspecified atom stereocenters. The maximum atomic E-state index is 13.4. The third kappa shape index (κ3) is 2.72. The molecule has 110 valence electrons. The Hall–Kier alpha value is -2.07. The van der Waals surface area contributed by atoms with Crippen LogP contribution in [0.5, 0.6) is 11.5 Å². The molecule has 3 nitrogen and oxygen atoms in total. The highest BCUT2D eigenvalue weighted by molar-refractivity contribution is 5.42. The van der Waals surface area contributed by atoms with E-state index in [1.807, 2.05) is 31.2 Å². The molecule has 0 aliphatic carbocycles. The van der Waals surface area contributed by atoms with Gasteiger partial charge >= 0.3 is 0 Å². The quantitative estimate of drug-likeness (QED) is 0.934. The Morgan fingerprint density at radius 3 is 2.86 bits per heavy atom. The number of para-hydroxylation sites is 1. The summed E-state index contributed by atoms with van der Waals surface area (Å²) in [6.45, 7) is 2.47. The van der Waals surface area contributed by atoms with Crippen molar-refractivity contribution in [2.45, 2.75) is 25.6 Å². The second kappa shape index (κ2) is 5.74. The summed E-state index contributed by atoms with van der Waals surface area (Å²) in [6.07, 6.45) is -0.603. The molecule has 1 aliphatic heterocycles. The second-order valence-corrected chi connectivity index (χ2v) is 5.01. The van der Waals surface area contributed by atoms with Crippen molar-refractivity contribution < 1.29 is 19.0 Å². The minimum Gasteiger partial charge on any atom is -0.493 e. The maximum Gasteiger partial charge on any atom is 0.130 e. The summed E-state index contributed by atoms with van der Waals surface area (Å²) in [5, 5.41) is 10.3. The van der Waals surface area contributed by atoms with Crippen LogP contribution in [0.2, 0.25) is 0 Å². The summed E-state index contributed by atoms with van der Waals surface area (Å²) in [4.78, 5) is 0. The number of rotatable bonds is 3. The van der Waals surface area contributed by atoms with Crippen LogP contribution >= 0.6 is 0 Å². The van der Waals surface area contributed by atoms with Gasteiger partial charge in [-0.2, -0.15) is 0 Å². The van der Waals surface area contributed by atoms with Crippen LogP contribution in [-0.4, -0.2) is 11.7 Å². The summed E-state index contributed by atoms with van der Waals surface area (Å²) in [6, 6.07) is 11.8. The van der Waals surface area contributed by atoms with Crippen molar-refractivity contribution in [1.82, 2.24) is 0 Å². The first-order valence-electron chi connectivity index (χ1n) is 7.05. The molecule has 0 fully saturated rings. The van der Waals surface area contributed by atoms with E-state index >= 15 is 0 Å². The fourth-order valence-corrected chi connectivity index (χ4v) is 2.64. The van der Waals surface area contributed by atoms with Crippen LogP contribution in [0, 0.1) is 5.82 Å². The Morgan fingerprint density at radius 2 is 2.05 bits per heavy atom. The molecule has 0 aromatic heterocycles. The van der Waals surface area contributed by atoms with Crippen molar-refractivity contribution >= 4 is 0 Å². The van der Waals surface area contributed by atoms with Crippen LogP contribution in [0.1, 0.15) is 36.7 Å². The Kier molecular flexibility index (Phi) is 3.80. The highest BCUT2D eigenvalue weighted by Crippen LogP contribution is 2.43. The van der Waals surface area contributed by atoms with Gasteiger partial charge < -0.3 is 14.6 Å². The number of aliphatic hydroxyl groups is 1. The van der Waals surface area contributed by atoms with Gasteiger partial charge in [-0.15, -0.1) is 0 Å². The van der Waals surface area contributed by atoms with Gasteiger partial charge in [-0.1, -0.05) is 18.2 Å². The molecule has 4 heteroatoms. The SMILES string of the molecule is CCOc1ccccc1C1CC(O)c2ccc(F)cc2O1. The largest absolute Gasteiger partial charge is 0.493 e. The lowest BCUT2D eigenvalue weighted by Crippen LogP contribution is -2.19. The van der Waals surface area contributed by atoms with Crippen molar-refractivity contribution in [3.63, 3.8) is 0 Å². The molecule has 0 saturated carbocycles. The molecular weight excluding hydrogens is 271 g/mol. The van der Waals surface area contributed by atoms with E-state index in [4.69, 9.17) is 9.47 Å². The monoisotopic (exact) mass is 288 g/mol. The van der Waals surface area contributed by atoms with Gasteiger partial charge in [-0.05, 0) is 25.1 Å². The van der Waals surface area contributed by atoms with Crippen molar-refractivity contribution in [3.8, 4) is 11.5 Å². The van der Waals surface area contributed by atoms with Crippen molar-refractivity contribution in [2.75, 3.05) is 6.61 Å². The number of hydrogen-bond donors (Lipinski definition) is 1. The van der Waals surface area contributed by atoms with Gasteiger partial charge in [-0.3, -0.25) is 0 Å². The van der Waals surface area contributed by atoms with E-state index in [1.165, 1.54) is 12.1 Å². The summed E-state index contributed by atoms with van der Waals surface area (Å²) in [5.41, 5.74) is 1.50. The molecule has 0 saturated heterocycles. The van der Waals surface area contributed by atoms with Crippen molar-refractivity contribution in [3.05, 3.63) is 59.4 Å². The Labute approximate surface area is 122 Å². The predicted octanol–water partition coefficient (Wildman–Crippen LogP) is 3.78.